The summed E-state index contributed by atoms with van der Waals surface area (Å²) in [6.07, 6.45) is 4.43. The van der Waals surface area contributed by atoms with Crippen LogP contribution in [0.15, 0.2) is 0 Å². The zero-order valence-corrected chi connectivity index (χ0v) is 12.7. The molecule has 0 bridgehead atoms. The van der Waals surface area contributed by atoms with Crippen LogP contribution in [-0.2, 0) is 9.47 Å². The fraction of sp³-hybridized carbons (Fsp3) is 1.00. The van der Waals surface area contributed by atoms with Crippen molar-refractivity contribution >= 4 is 0 Å². The number of rotatable bonds is 11. The lowest BCUT2D eigenvalue weighted by atomic mass is 9.89. The summed E-state index contributed by atoms with van der Waals surface area (Å²) >= 11 is 0. The topological polar surface area (TPSA) is 50.7 Å². The van der Waals surface area contributed by atoms with Gasteiger partial charge in [0, 0.05) is 25.8 Å². The van der Waals surface area contributed by atoms with Crippen molar-refractivity contribution in [2.75, 3.05) is 26.4 Å². The van der Waals surface area contributed by atoms with Crippen LogP contribution in [0.2, 0.25) is 0 Å². The van der Waals surface area contributed by atoms with E-state index in [4.69, 9.17) is 9.47 Å². The third-order valence-electron chi connectivity index (χ3n) is 3.52. The van der Waals surface area contributed by atoms with Crippen LogP contribution in [0.5, 0.6) is 0 Å². The number of ether oxygens (including phenoxy) is 2. The molecular weight excluding hydrogens is 242 g/mol. The Hall–Kier alpha value is -0.160. The molecule has 1 atom stereocenters. The van der Waals surface area contributed by atoms with Gasteiger partial charge in [-0.1, -0.05) is 13.8 Å². The van der Waals surface area contributed by atoms with Crippen molar-refractivity contribution in [3.8, 4) is 0 Å². The summed E-state index contributed by atoms with van der Waals surface area (Å²) in [5.74, 6) is 0.729. The van der Waals surface area contributed by atoms with Crippen molar-refractivity contribution in [3.63, 3.8) is 0 Å². The first-order chi connectivity index (χ1) is 9.11. The Morgan fingerprint density at radius 3 is 2.68 bits per heavy atom. The second-order valence-corrected chi connectivity index (χ2v) is 5.92. The predicted molar refractivity (Wildman–Crippen MR) is 77.3 cm³/mol. The molecule has 114 valence electrons. The van der Waals surface area contributed by atoms with Gasteiger partial charge < -0.3 is 19.9 Å². The Bertz CT molecular complexity index is 217. The van der Waals surface area contributed by atoms with Crippen molar-refractivity contribution in [2.24, 2.45) is 5.92 Å². The lowest BCUT2D eigenvalue weighted by Crippen LogP contribution is -2.48. The fourth-order valence-corrected chi connectivity index (χ4v) is 2.28. The Kier molecular flexibility index (Phi) is 8.62. The first-order valence-electron chi connectivity index (χ1n) is 7.72. The Morgan fingerprint density at radius 2 is 2.05 bits per heavy atom. The molecule has 1 fully saturated rings. The van der Waals surface area contributed by atoms with Gasteiger partial charge in [0.25, 0.3) is 0 Å². The highest BCUT2D eigenvalue weighted by molar-refractivity contribution is 4.86. The molecule has 1 rings (SSSR count). The van der Waals surface area contributed by atoms with Gasteiger partial charge in [0.2, 0.25) is 0 Å². The third kappa shape index (κ3) is 7.88. The molecule has 0 spiro atoms. The average molecular weight is 273 g/mol. The van der Waals surface area contributed by atoms with E-state index >= 15 is 0 Å². The number of nitrogens with one attached hydrogen (secondary N) is 1. The number of aliphatic hydroxyl groups is 1. The van der Waals surface area contributed by atoms with Gasteiger partial charge in [0.1, 0.15) is 0 Å². The molecule has 0 aromatic heterocycles. The molecule has 4 nitrogen and oxygen atoms in total. The SMILES string of the molecule is CCOC1CC(NCC(O)COCCCC(C)C)C1. The molecule has 0 aliphatic heterocycles. The van der Waals surface area contributed by atoms with Gasteiger partial charge in [-0.05, 0) is 38.5 Å². The normalized spacial score (nSPS) is 24.5. The van der Waals surface area contributed by atoms with Gasteiger partial charge in [-0.15, -0.1) is 0 Å². The van der Waals surface area contributed by atoms with Gasteiger partial charge in [-0.3, -0.25) is 0 Å². The zero-order valence-electron chi connectivity index (χ0n) is 12.7. The van der Waals surface area contributed by atoms with Gasteiger partial charge >= 0.3 is 0 Å². The molecule has 19 heavy (non-hydrogen) atoms. The third-order valence-corrected chi connectivity index (χ3v) is 3.52. The van der Waals surface area contributed by atoms with Gasteiger partial charge in [0.05, 0.1) is 18.8 Å². The van der Waals surface area contributed by atoms with Gasteiger partial charge in [-0.25, -0.2) is 0 Å². The summed E-state index contributed by atoms with van der Waals surface area (Å²) in [6, 6.07) is 0.507. The fourth-order valence-electron chi connectivity index (χ4n) is 2.28. The maximum absolute atomic E-state index is 9.78. The number of aliphatic hydroxyl groups excluding tert-OH is 1. The van der Waals surface area contributed by atoms with Crippen LogP contribution in [0.3, 0.4) is 0 Å². The molecule has 4 heteroatoms. The van der Waals surface area contributed by atoms with E-state index in [2.05, 4.69) is 19.2 Å². The van der Waals surface area contributed by atoms with Crippen LogP contribution in [0.4, 0.5) is 0 Å². The maximum atomic E-state index is 9.78. The molecule has 0 heterocycles. The highest BCUT2D eigenvalue weighted by Crippen LogP contribution is 2.22. The molecule has 1 aliphatic rings. The highest BCUT2D eigenvalue weighted by Gasteiger charge is 2.29. The number of hydrogen-bond acceptors (Lipinski definition) is 4. The quantitative estimate of drug-likeness (QED) is 0.565. The first-order valence-corrected chi connectivity index (χ1v) is 7.72. The van der Waals surface area contributed by atoms with E-state index in [1.54, 1.807) is 0 Å². The summed E-state index contributed by atoms with van der Waals surface area (Å²) in [5, 5.41) is 13.1. The Balaban J connectivity index is 1.87. The van der Waals surface area contributed by atoms with Crippen LogP contribution < -0.4 is 5.32 Å². The van der Waals surface area contributed by atoms with Crippen LogP contribution in [0.1, 0.15) is 46.5 Å². The first kappa shape index (κ1) is 16.9. The van der Waals surface area contributed by atoms with E-state index < -0.39 is 6.10 Å². The van der Waals surface area contributed by atoms with Gasteiger partial charge in [0.15, 0.2) is 0 Å². The molecule has 1 saturated carbocycles. The maximum Gasteiger partial charge on any atom is 0.0897 e. The van der Waals surface area contributed by atoms with E-state index in [9.17, 15) is 5.11 Å². The molecule has 1 aliphatic carbocycles. The van der Waals surface area contributed by atoms with Gasteiger partial charge in [-0.2, -0.15) is 0 Å². The Morgan fingerprint density at radius 1 is 1.32 bits per heavy atom. The lowest BCUT2D eigenvalue weighted by Gasteiger charge is -2.36. The van der Waals surface area contributed by atoms with E-state index in [1.807, 2.05) is 6.92 Å². The highest BCUT2D eigenvalue weighted by atomic mass is 16.5. The molecule has 1 unspecified atom stereocenters. The molecular formula is C15H31NO3. The van der Waals surface area contributed by atoms with Crippen molar-refractivity contribution in [2.45, 2.75) is 64.7 Å². The van der Waals surface area contributed by atoms with Crippen molar-refractivity contribution in [1.82, 2.24) is 5.32 Å². The minimum Gasteiger partial charge on any atom is -0.389 e. The van der Waals surface area contributed by atoms with E-state index in [0.717, 1.165) is 38.4 Å². The second-order valence-electron chi connectivity index (χ2n) is 5.92. The van der Waals surface area contributed by atoms with E-state index in [-0.39, 0.29) is 0 Å². The predicted octanol–water partition coefficient (Wildman–Crippen LogP) is 1.96. The Labute approximate surface area is 117 Å². The second kappa shape index (κ2) is 9.70. The van der Waals surface area contributed by atoms with E-state index in [1.165, 1.54) is 6.42 Å². The molecule has 2 N–H and O–H groups in total. The van der Waals surface area contributed by atoms with Crippen LogP contribution in [-0.4, -0.2) is 49.7 Å². The minimum absolute atomic E-state index is 0.398. The molecule has 0 aromatic carbocycles. The summed E-state index contributed by atoms with van der Waals surface area (Å²) < 4.78 is 11.0. The largest absolute Gasteiger partial charge is 0.389 e. The van der Waals surface area contributed by atoms with E-state index in [0.29, 0.717) is 25.3 Å². The minimum atomic E-state index is -0.398. The van der Waals surface area contributed by atoms with Crippen molar-refractivity contribution in [1.29, 1.82) is 0 Å². The van der Waals surface area contributed by atoms with Crippen molar-refractivity contribution < 1.29 is 14.6 Å². The van der Waals surface area contributed by atoms with Crippen LogP contribution >= 0.6 is 0 Å². The molecule has 0 amide bonds. The monoisotopic (exact) mass is 273 g/mol. The smallest absolute Gasteiger partial charge is 0.0897 e. The standard InChI is InChI=1S/C15H31NO3/c1-4-19-15-8-13(9-15)16-10-14(17)11-18-7-5-6-12(2)3/h12-17H,4-11H2,1-3H3. The molecule has 0 radical (unpaired) electrons. The summed E-state index contributed by atoms with van der Waals surface area (Å²) in [6.45, 7) is 9.07. The number of hydrogen-bond donors (Lipinski definition) is 2. The van der Waals surface area contributed by atoms with Crippen molar-refractivity contribution in [3.05, 3.63) is 0 Å². The average Bonchev–Trinajstić information content (AvgIpc) is 2.31. The summed E-state index contributed by atoms with van der Waals surface area (Å²) in [5.41, 5.74) is 0. The van der Waals surface area contributed by atoms with Crippen LogP contribution in [0, 0.1) is 5.92 Å². The lowest BCUT2D eigenvalue weighted by molar-refractivity contribution is -0.0165. The summed E-state index contributed by atoms with van der Waals surface area (Å²) in [4.78, 5) is 0. The summed E-state index contributed by atoms with van der Waals surface area (Å²) in [7, 11) is 0. The molecule has 0 saturated heterocycles. The molecule has 0 aromatic rings. The van der Waals surface area contributed by atoms with Crippen LogP contribution in [0.25, 0.3) is 0 Å². The zero-order chi connectivity index (χ0) is 14.1.